The molecular weight excluding hydrogens is 296 g/mol. The molecule has 1 aliphatic heterocycles. The van der Waals surface area contributed by atoms with Gasteiger partial charge in [0.1, 0.15) is 0 Å². The molecule has 3 rings (SSSR count). The zero-order chi connectivity index (χ0) is 13.9. The Labute approximate surface area is 124 Å². The van der Waals surface area contributed by atoms with Crippen molar-refractivity contribution in [2.24, 2.45) is 0 Å². The van der Waals surface area contributed by atoms with Crippen LogP contribution in [0.15, 0.2) is 28.8 Å². The van der Waals surface area contributed by atoms with Gasteiger partial charge in [-0.25, -0.2) is 4.79 Å². The first kappa shape index (κ1) is 13.5. The van der Waals surface area contributed by atoms with Gasteiger partial charge >= 0.3 is 5.97 Å². The number of rotatable bonds is 3. The van der Waals surface area contributed by atoms with E-state index in [-0.39, 0.29) is 10.8 Å². The van der Waals surface area contributed by atoms with E-state index in [0.717, 1.165) is 22.9 Å². The van der Waals surface area contributed by atoms with Crippen molar-refractivity contribution in [1.29, 1.82) is 0 Å². The van der Waals surface area contributed by atoms with Gasteiger partial charge in [0.05, 0.1) is 10.8 Å². The molecule has 1 saturated heterocycles. The molecular formula is C13H12N2O3S2. The van der Waals surface area contributed by atoms with E-state index < -0.39 is 5.97 Å². The Hall–Kier alpha value is -1.47. The summed E-state index contributed by atoms with van der Waals surface area (Å²) in [6.45, 7) is 0. The molecule has 2 aromatic rings. The molecule has 0 saturated carbocycles. The Bertz CT molecular complexity index is 606. The lowest BCUT2D eigenvalue weighted by Crippen LogP contribution is -2.07. The van der Waals surface area contributed by atoms with E-state index >= 15 is 0 Å². The third-order valence-electron chi connectivity index (χ3n) is 2.92. The maximum absolute atomic E-state index is 10.8. The minimum atomic E-state index is -0.946. The van der Waals surface area contributed by atoms with E-state index in [2.05, 4.69) is 10.1 Å². The van der Waals surface area contributed by atoms with Gasteiger partial charge in [-0.1, -0.05) is 5.16 Å². The van der Waals surface area contributed by atoms with Crippen LogP contribution in [0, 0.1) is 0 Å². The highest BCUT2D eigenvalue weighted by atomic mass is 32.2. The van der Waals surface area contributed by atoms with Gasteiger partial charge in [0.2, 0.25) is 0 Å². The SMILES string of the molecule is O=C(O)c1ccc(-c2nc(C3CSCCS3)no2)cc1. The van der Waals surface area contributed by atoms with E-state index in [1.807, 2.05) is 23.5 Å². The second-order valence-electron chi connectivity index (χ2n) is 4.27. The fourth-order valence-corrected chi connectivity index (χ4v) is 4.46. The number of nitrogens with zero attached hydrogens (tertiary/aromatic N) is 2. The zero-order valence-corrected chi connectivity index (χ0v) is 12.1. The molecule has 20 heavy (non-hydrogen) atoms. The highest BCUT2D eigenvalue weighted by Crippen LogP contribution is 2.35. The van der Waals surface area contributed by atoms with Gasteiger partial charge in [-0.2, -0.15) is 16.7 Å². The second-order valence-corrected chi connectivity index (χ2v) is 6.74. The Kier molecular flexibility index (Phi) is 3.98. The van der Waals surface area contributed by atoms with Crippen LogP contribution in [0.5, 0.6) is 0 Å². The highest BCUT2D eigenvalue weighted by Gasteiger charge is 2.22. The molecule has 1 atom stereocenters. The Morgan fingerprint density at radius 3 is 2.75 bits per heavy atom. The lowest BCUT2D eigenvalue weighted by atomic mass is 10.1. The largest absolute Gasteiger partial charge is 0.478 e. The van der Waals surface area contributed by atoms with Crippen LogP contribution < -0.4 is 0 Å². The van der Waals surface area contributed by atoms with E-state index in [1.165, 1.54) is 17.9 Å². The summed E-state index contributed by atoms with van der Waals surface area (Å²) in [5, 5.41) is 13.2. The molecule has 1 aromatic heterocycles. The van der Waals surface area contributed by atoms with Crippen LogP contribution in [0.4, 0.5) is 0 Å². The monoisotopic (exact) mass is 308 g/mol. The van der Waals surface area contributed by atoms with Crippen molar-refractivity contribution in [3.8, 4) is 11.5 Å². The average Bonchev–Trinajstić information content (AvgIpc) is 2.98. The van der Waals surface area contributed by atoms with Crippen molar-refractivity contribution in [1.82, 2.24) is 10.1 Å². The molecule has 104 valence electrons. The number of thioether (sulfide) groups is 2. The van der Waals surface area contributed by atoms with Crippen molar-refractivity contribution in [2.45, 2.75) is 5.25 Å². The van der Waals surface area contributed by atoms with Crippen LogP contribution in [0.25, 0.3) is 11.5 Å². The van der Waals surface area contributed by atoms with Crippen molar-refractivity contribution in [3.05, 3.63) is 35.7 Å². The standard InChI is InChI=1S/C13H12N2O3S2/c16-13(17)9-3-1-8(2-4-9)12-14-11(15-18-12)10-7-19-5-6-20-10/h1-4,10H,5-7H2,(H,16,17). The predicted molar refractivity (Wildman–Crippen MR) is 79.2 cm³/mol. The minimum absolute atomic E-state index is 0.243. The minimum Gasteiger partial charge on any atom is -0.478 e. The predicted octanol–water partition coefficient (Wildman–Crippen LogP) is 2.96. The molecule has 0 aliphatic carbocycles. The maximum atomic E-state index is 10.8. The highest BCUT2D eigenvalue weighted by molar-refractivity contribution is 8.06. The molecule has 0 spiro atoms. The van der Waals surface area contributed by atoms with Crippen LogP contribution in [0.1, 0.15) is 21.4 Å². The first-order valence-corrected chi connectivity index (χ1v) is 8.31. The molecule has 7 heteroatoms. The maximum Gasteiger partial charge on any atom is 0.335 e. The summed E-state index contributed by atoms with van der Waals surface area (Å²) in [4.78, 5) is 15.2. The van der Waals surface area contributed by atoms with Crippen LogP contribution in [-0.2, 0) is 0 Å². The first-order valence-electron chi connectivity index (χ1n) is 6.11. The van der Waals surface area contributed by atoms with Crippen LogP contribution in [0.2, 0.25) is 0 Å². The molecule has 1 N–H and O–H groups in total. The summed E-state index contributed by atoms with van der Waals surface area (Å²) in [5.41, 5.74) is 0.981. The number of aromatic carboxylic acids is 1. The normalized spacial score (nSPS) is 18.9. The molecule has 1 aromatic carbocycles. The summed E-state index contributed by atoms with van der Waals surface area (Å²) in [6.07, 6.45) is 0. The van der Waals surface area contributed by atoms with Gasteiger partial charge < -0.3 is 9.63 Å². The van der Waals surface area contributed by atoms with Gasteiger partial charge in [0, 0.05) is 22.8 Å². The van der Waals surface area contributed by atoms with Gasteiger partial charge in [-0.15, -0.1) is 11.8 Å². The molecule has 5 nitrogen and oxygen atoms in total. The fourth-order valence-electron chi connectivity index (χ4n) is 1.88. The molecule has 1 unspecified atom stereocenters. The quantitative estimate of drug-likeness (QED) is 0.934. The summed E-state index contributed by atoms with van der Waals surface area (Å²) in [7, 11) is 0. The number of carboxylic acids is 1. The van der Waals surface area contributed by atoms with E-state index in [9.17, 15) is 4.79 Å². The molecule has 2 heterocycles. The summed E-state index contributed by atoms with van der Waals surface area (Å²) in [5.74, 6) is 3.49. The topological polar surface area (TPSA) is 76.2 Å². The number of carboxylic acid groups (broad SMARTS) is 1. The number of benzene rings is 1. The molecule has 1 aliphatic rings. The Morgan fingerprint density at radius 1 is 1.30 bits per heavy atom. The number of hydrogen-bond donors (Lipinski definition) is 1. The first-order chi connectivity index (χ1) is 9.74. The van der Waals surface area contributed by atoms with Gasteiger partial charge in [-0.05, 0) is 24.3 Å². The molecule has 0 radical (unpaired) electrons. The van der Waals surface area contributed by atoms with Crippen molar-refractivity contribution < 1.29 is 14.4 Å². The lowest BCUT2D eigenvalue weighted by Gasteiger charge is -2.16. The molecule has 0 bridgehead atoms. The second kappa shape index (κ2) is 5.88. The number of aromatic nitrogens is 2. The Morgan fingerprint density at radius 2 is 2.10 bits per heavy atom. The van der Waals surface area contributed by atoms with Crippen LogP contribution in [-0.4, -0.2) is 38.5 Å². The van der Waals surface area contributed by atoms with Gasteiger partial charge in [0.15, 0.2) is 5.82 Å². The lowest BCUT2D eigenvalue weighted by molar-refractivity contribution is 0.0697. The van der Waals surface area contributed by atoms with E-state index in [1.54, 1.807) is 12.1 Å². The number of hydrogen-bond acceptors (Lipinski definition) is 6. The molecule has 0 amide bonds. The van der Waals surface area contributed by atoms with Crippen molar-refractivity contribution in [3.63, 3.8) is 0 Å². The summed E-state index contributed by atoms with van der Waals surface area (Å²) in [6, 6.07) is 6.44. The fraction of sp³-hybridized carbons (Fsp3) is 0.308. The van der Waals surface area contributed by atoms with Crippen molar-refractivity contribution >= 4 is 29.5 Å². The van der Waals surface area contributed by atoms with Crippen molar-refractivity contribution in [2.75, 3.05) is 17.3 Å². The van der Waals surface area contributed by atoms with Crippen LogP contribution in [0.3, 0.4) is 0 Å². The zero-order valence-electron chi connectivity index (χ0n) is 10.5. The third-order valence-corrected chi connectivity index (χ3v) is 5.68. The van der Waals surface area contributed by atoms with Gasteiger partial charge in [0.25, 0.3) is 5.89 Å². The van der Waals surface area contributed by atoms with E-state index in [0.29, 0.717) is 5.89 Å². The van der Waals surface area contributed by atoms with Gasteiger partial charge in [-0.3, -0.25) is 0 Å². The smallest absolute Gasteiger partial charge is 0.335 e. The summed E-state index contributed by atoms with van der Waals surface area (Å²) >= 11 is 3.75. The van der Waals surface area contributed by atoms with Crippen LogP contribution >= 0.6 is 23.5 Å². The summed E-state index contributed by atoms with van der Waals surface area (Å²) < 4.78 is 5.27. The molecule has 1 fully saturated rings. The number of carbonyl (C=O) groups is 1. The average molecular weight is 308 g/mol. The Balaban J connectivity index is 1.80. The third kappa shape index (κ3) is 2.83. The van der Waals surface area contributed by atoms with E-state index in [4.69, 9.17) is 9.63 Å².